The summed E-state index contributed by atoms with van der Waals surface area (Å²) in [5.41, 5.74) is 9.77. The zero-order valence-corrected chi connectivity index (χ0v) is 19.7. The number of aliphatic carboxylic acids is 2. The highest BCUT2D eigenvalue weighted by Gasteiger charge is 2.72. The second-order valence-electron chi connectivity index (χ2n) is 10.4. The third-order valence-electron chi connectivity index (χ3n) is 8.15. The van der Waals surface area contributed by atoms with Crippen molar-refractivity contribution in [3.63, 3.8) is 0 Å². The maximum Gasteiger partial charge on any atom is 0.325 e. The van der Waals surface area contributed by atoms with E-state index in [4.69, 9.17) is 11.5 Å². The Morgan fingerprint density at radius 3 is 1.86 bits per heavy atom. The van der Waals surface area contributed by atoms with Crippen molar-refractivity contribution in [2.75, 3.05) is 0 Å². The van der Waals surface area contributed by atoms with Crippen LogP contribution >= 0.6 is 0 Å². The van der Waals surface area contributed by atoms with Gasteiger partial charge in [0, 0.05) is 36.2 Å². The summed E-state index contributed by atoms with van der Waals surface area (Å²) in [5.74, 6) is -2.94. The molecule has 3 aromatic heterocycles. The Balaban J connectivity index is 1.77. The SMILES string of the molecule is NC1(Cc2ccccn2)CC2CC(C(=O)O)(C1)CC(N)(C(=O)O)C2(c1ccccn1)c1ccccn1. The molecule has 2 fully saturated rings. The van der Waals surface area contributed by atoms with Gasteiger partial charge in [0.15, 0.2) is 0 Å². The Labute approximate surface area is 208 Å². The van der Waals surface area contributed by atoms with Crippen LogP contribution in [0.3, 0.4) is 0 Å². The lowest BCUT2D eigenvalue weighted by molar-refractivity contribution is -0.172. The van der Waals surface area contributed by atoms with Gasteiger partial charge in [-0.05, 0) is 68.0 Å². The van der Waals surface area contributed by atoms with Gasteiger partial charge < -0.3 is 21.7 Å². The van der Waals surface area contributed by atoms with Crippen molar-refractivity contribution in [1.29, 1.82) is 0 Å². The number of carboxylic acids is 2. The molecule has 0 radical (unpaired) electrons. The number of hydrogen-bond donors (Lipinski definition) is 4. The number of rotatable bonds is 6. The molecule has 9 heteroatoms. The fourth-order valence-electron chi connectivity index (χ4n) is 7.01. The topological polar surface area (TPSA) is 165 Å². The van der Waals surface area contributed by atoms with Crippen LogP contribution in [0.25, 0.3) is 0 Å². The Kier molecular flexibility index (Phi) is 5.65. The fourth-order valence-corrected chi connectivity index (χ4v) is 7.01. The molecule has 0 saturated heterocycles. The van der Waals surface area contributed by atoms with Gasteiger partial charge >= 0.3 is 11.9 Å². The molecule has 0 aromatic carbocycles. The molecule has 3 heterocycles. The summed E-state index contributed by atoms with van der Waals surface area (Å²) in [5, 5.41) is 21.2. The van der Waals surface area contributed by atoms with Gasteiger partial charge in [0.05, 0.1) is 22.2 Å². The normalized spacial score (nSPS) is 30.9. The minimum atomic E-state index is -2.00. The van der Waals surface area contributed by atoms with E-state index >= 15 is 0 Å². The minimum absolute atomic E-state index is 0.0924. The number of carbonyl (C=O) groups is 2. The first kappa shape index (κ1) is 24.0. The van der Waals surface area contributed by atoms with Gasteiger partial charge in [0.2, 0.25) is 0 Å². The number of aromatic nitrogens is 3. The standard InChI is InChI=1S/C27H29N5O4/c28-25(15-19-7-1-4-10-30-19)14-18-13-24(16-25,22(33)34)17-26(29,23(35)36)27(18,20-8-2-5-11-31-20)21-9-3-6-12-32-21/h1-12,18H,13-17,28-29H2,(H,33,34)(H,35,36). The number of carboxylic acid groups (broad SMARTS) is 2. The highest BCUT2D eigenvalue weighted by molar-refractivity contribution is 5.86. The Morgan fingerprint density at radius 2 is 1.39 bits per heavy atom. The summed E-state index contributed by atoms with van der Waals surface area (Å²) in [6, 6.07) is 16.1. The van der Waals surface area contributed by atoms with Crippen molar-refractivity contribution in [2.45, 2.75) is 48.6 Å². The van der Waals surface area contributed by atoms with E-state index in [9.17, 15) is 19.8 Å². The van der Waals surface area contributed by atoms with Gasteiger partial charge in [0.25, 0.3) is 0 Å². The molecular weight excluding hydrogens is 458 g/mol. The largest absolute Gasteiger partial charge is 0.481 e. The van der Waals surface area contributed by atoms with Crippen LogP contribution in [-0.2, 0) is 21.4 Å². The number of pyridine rings is 3. The zero-order valence-electron chi connectivity index (χ0n) is 19.7. The average Bonchev–Trinajstić information content (AvgIpc) is 2.85. The average molecular weight is 488 g/mol. The van der Waals surface area contributed by atoms with Gasteiger partial charge in [-0.3, -0.25) is 24.5 Å². The molecule has 0 aliphatic heterocycles. The Morgan fingerprint density at radius 1 is 0.806 bits per heavy atom. The fraction of sp³-hybridized carbons (Fsp3) is 0.370. The molecule has 186 valence electrons. The van der Waals surface area contributed by atoms with Crippen LogP contribution in [0.4, 0.5) is 0 Å². The Hall–Kier alpha value is -3.69. The minimum Gasteiger partial charge on any atom is -0.481 e. The second kappa shape index (κ2) is 8.46. The first-order valence-corrected chi connectivity index (χ1v) is 11.9. The van der Waals surface area contributed by atoms with Gasteiger partial charge in [0.1, 0.15) is 5.54 Å². The van der Waals surface area contributed by atoms with Gasteiger partial charge in [-0.1, -0.05) is 18.2 Å². The van der Waals surface area contributed by atoms with E-state index in [-0.39, 0.29) is 19.3 Å². The maximum absolute atomic E-state index is 13.1. The van der Waals surface area contributed by atoms with Crippen molar-refractivity contribution in [1.82, 2.24) is 15.0 Å². The molecule has 36 heavy (non-hydrogen) atoms. The van der Waals surface area contributed by atoms with E-state index in [1.54, 1.807) is 55.0 Å². The molecule has 4 atom stereocenters. The van der Waals surface area contributed by atoms with Crippen LogP contribution in [0, 0.1) is 11.3 Å². The molecule has 4 unspecified atom stereocenters. The van der Waals surface area contributed by atoms with Crippen molar-refractivity contribution in [2.24, 2.45) is 22.8 Å². The summed E-state index contributed by atoms with van der Waals surface area (Å²) >= 11 is 0. The number of fused-ring (bicyclic) bond motifs is 2. The first-order valence-electron chi connectivity index (χ1n) is 11.9. The lowest BCUT2D eigenvalue weighted by atomic mass is 9.41. The molecule has 0 spiro atoms. The molecule has 5 rings (SSSR count). The highest BCUT2D eigenvalue weighted by atomic mass is 16.4. The van der Waals surface area contributed by atoms with Crippen LogP contribution in [0.15, 0.2) is 73.2 Å². The number of hydrogen-bond acceptors (Lipinski definition) is 7. The summed E-state index contributed by atoms with van der Waals surface area (Å²) in [4.78, 5) is 39.5. The second-order valence-corrected chi connectivity index (χ2v) is 10.4. The monoisotopic (exact) mass is 487 g/mol. The highest BCUT2D eigenvalue weighted by Crippen LogP contribution is 2.64. The third kappa shape index (κ3) is 3.50. The lowest BCUT2D eigenvalue weighted by Crippen LogP contribution is -2.76. The van der Waals surface area contributed by atoms with E-state index in [1.807, 2.05) is 18.2 Å². The molecule has 6 N–H and O–H groups in total. The van der Waals surface area contributed by atoms with Crippen molar-refractivity contribution in [3.05, 3.63) is 90.3 Å². The van der Waals surface area contributed by atoms with E-state index < -0.39 is 39.8 Å². The molecule has 0 amide bonds. The first-order chi connectivity index (χ1) is 17.2. The number of nitrogens with zero attached hydrogens (tertiary/aromatic N) is 3. The van der Waals surface area contributed by atoms with Gasteiger partial charge in [-0.25, -0.2) is 0 Å². The van der Waals surface area contributed by atoms with Crippen molar-refractivity contribution < 1.29 is 19.8 Å². The maximum atomic E-state index is 13.1. The Bertz CT molecular complexity index is 1240. The molecule has 2 bridgehead atoms. The van der Waals surface area contributed by atoms with Gasteiger partial charge in [-0.15, -0.1) is 0 Å². The molecule has 3 aromatic rings. The van der Waals surface area contributed by atoms with Crippen LogP contribution in [0.2, 0.25) is 0 Å². The smallest absolute Gasteiger partial charge is 0.325 e. The summed E-state index contributed by atoms with van der Waals surface area (Å²) in [7, 11) is 0. The van der Waals surface area contributed by atoms with E-state index in [0.717, 1.165) is 5.69 Å². The van der Waals surface area contributed by atoms with Crippen LogP contribution in [0.5, 0.6) is 0 Å². The van der Waals surface area contributed by atoms with Crippen LogP contribution < -0.4 is 11.5 Å². The molecule has 2 aliphatic carbocycles. The van der Waals surface area contributed by atoms with Crippen LogP contribution in [-0.4, -0.2) is 48.2 Å². The summed E-state index contributed by atoms with van der Waals surface area (Å²) in [6.07, 6.45) is 5.54. The van der Waals surface area contributed by atoms with E-state index in [0.29, 0.717) is 24.2 Å². The predicted molar refractivity (Wildman–Crippen MR) is 131 cm³/mol. The predicted octanol–water partition coefficient (Wildman–Crippen LogP) is 2.15. The van der Waals surface area contributed by atoms with Crippen molar-refractivity contribution in [3.8, 4) is 0 Å². The summed E-state index contributed by atoms with van der Waals surface area (Å²) in [6.45, 7) is 0. The number of nitrogens with two attached hydrogens (primary N) is 2. The molecule has 2 aliphatic rings. The van der Waals surface area contributed by atoms with Gasteiger partial charge in [-0.2, -0.15) is 0 Å². The van der Waals surface area contributed by atoms with Crippen LogP contribution in [0.1, 0.15) is 42.8 Å². The molecule has 9 nitrogen and oxygen atoms in total. The third-order valence-corrected chi connectivity index (χ3v) is 8.15. The molecule has 2 saturated carbocycles. The summed E-state index contributed by atoms with van der Waals surface area (Å²) < 4.78 is 0. The van der Waals surface area contributed by atoms with E-state index in [1.165, 1.54) is 0 Å². The zero-order chi connectivity index (χ0) is 25.6. The lowest BCUT2D eigenvalue weighted by Gasteiger charge is -2.62. The quantitative estimate of drug-likeness (QED) is 0.407. The van der Waals surface area contributed by atoms with E-state index in [2.05, 4.69) is 15.0 Å². The van der Waals surface area contributed by atoms with Crippen molar-refractivity contribution >= 4 is 11.9 Å². The molecular formula is C27H29N5O4.